The summed E-state index contributed by atoms with van der Waals surface area (Å²) >= 11 is 0. The summed E-state index contributed by atoms with van der Waals surface area (Å²) < 4.78 is 0. The van der Waals surface area contributed by atoms with Crippen molar-refractivity contribution in [2.45, 2.75) is 44.7 Å². The lowest BCUT2D eigenvalue weighted by molar-refractivity contribution is -0.118. The smallest absolute Gasteiger partial charge is 0.263 e. The molecule has 1 aliphatic carbocycles. The second-order valence-electron chi connectivity index (χ2n) is 5.86. The molecular formula is C18H23N3O. The van der Waals surface area contributed by atoms with E-state index in [1.54, 1.807) is 6.20 Å². The monoisotopic (exact) mass is 297 g/mol. The van der Waals surface area contributed by atoms with Crippen molar-refractivity contribution >= 4 is 5.91 Å². The van der Waals surface area contributed by atoms with Gasteiger partial charge in [0.2, 0.25) is 0 Å². The number of nitriles is 1. The number of carbonyl (C=O) groups excluding carboxylic acids is 1. The minimum absolute atomic E-state index is 0.170. The van der Waals surface area contributed by atoms with E-state index < -0.39 is 0 Å². The maximum atomic E-state index is 12.2. The van der Waals surface area contributed by atoms with Crippen molar-refractivity contribution in [3.63, 3.8) is 0 Å². The normalized spacial score (nSPS) is 15.9. The minimum Gasteiger partial charge on any atom is -0.375 e. The average Bonchev–Trinajstić information content (AvgIpc) is 2.54. The molecule has 2 rings (SSSR count). The van der Waals surface area contributed by atoms with Gasteiger partial charge >= 0.3 is 0 Å². The summed E-state index contributed by atoms with van der Waals surface area (Å²) in [6.07, 6.45) is 7.22. The van der Waals surface area contributed by atoms with Crippen molar-refractivity contribution in [2.24, 2.45) is 0 Å². The molecule has 1 fully saturated rings. The highest BCUT2D eigenvalue weighted by atomic mass is 16.1. The fraction of sp³-hybridized carbons (Fsp3) is 0.444. The Bertz CT molecular complexity index is 553. The van der Waals surface area contributed by atoms with E-state index in [9.17, 15) is 10.1 Å². The van der Waals surface area contributed by atoms with Gasteiger partial charge in [-0.1, -0.05) is 49.6 Å². The van der Waals surface area contributed by atoms with Crippen LogP contribution >= 0.6 is 0 Å². The second-order valence-corrected chi connectivity index (χ2v) is 5.86. The average molecular weight is 297 g/mol. The van der Waals surface area contributed by atoms with Gasteiger partial charge in [-0.25, -0.2) is 0 Å². The van der Waals surface area contributed by atoms with Gasteiger partial charge in [0.15, 0.2) is 0 Å². The summed E-state index contributed by atoms with van der Waals surface area (Å²) in [6.45, 7) is 0.669. The standard InChI is InChI=1S/C18H23N3O/c1-21(13-15-8-4-2-5-9-15)14-16(12-19)18(22)20-17-10-6-3-7-11-17/h2,4-5,8-9,14,17H,3,6-7,10-11,13H2,1H3,(H,20,22)/b16-14-. The summed E-state index contributed by atoms with van der Waals surface area (Å²) in [5, 5.41) is 12.2. The summed E-state index contributed by atoms with van der Waals surface area (Å²) in [7, 11) is 1.87. The topological polar surface area (TPSA) is 56.1 Å². The van der Waals surface area contributed by atoms with Gasteiger partial charge in [0, 0.05) is 25.8 Å². The molecule has 0 atom stereocenters. The van der Waals surface area contributed by atoms with Crippen LogP contribution in [0.15, 0.2) is 42.1 Å². The van der Waals surface area contributed by atoms with Crippen LogP contribution in [0.4, 0.5) is 0 Å². The zero-order valence-electron chi connectivity index (χ0n) is 13.1. The lowest BCUT2D eigenvalue weighted by atomic mass is 9.95. The maximum Gasteiger partial charge on any atom is 0.263 e. The van der Waals surface area contributed by atoms with Gasteiger partial charge in [-0.05, 0) is 18.4 Å². The van der Waals surface area contributed by atoms with E-state index in [1.807, 2.05) is 48.3 Å². The fourth-order valence-electron chi connectivity index (χ4n) is 2.79. The number of hydrogen-bond acceptors (Lipinski definition) is 3. The van der Waals surface area contributed by atoms with Crippen LogP contribution in [0.5, 0.6) is 0 Å². The second kappa shape index (κ2) is 8.23. The van der Waals surface area contributed by atoms with Crippen molar-refractivity contribution in [1.29, 1.82) is 5.26 Å². The zero-order valence-corrected chi connectivity index (χ0v) is 13.1. The first-order chi connectivity index (χ1) is 10.7. The largest absolute Gasteiger partial charge is 0.375 e. The van der Waals surface area contributed by atoms with E-state index >= 15 is 0 Å². The third kappa shape index (κ3) is 4.92. The van der Waals surface area contributed by atoms with Crippen LogP contribution in [0.1, 0.15) is 37.7 Å². The summed E-state index contributed by atoms with van der Waals surface area (Å²) in [6, 6.07) is 12.2. The van der Waals surface area contributed by atoms with E-state index in [1.165, 1.54) is 6.42 Å². The first-order valence-electron chi connectivity index (χ1n) is 7.86. The van der Waals surface area contributed by atoms with Crippen LogP contribution in [0, 0.1) is 11.3 Å². The molecule has 0 aromatic heterocycles. The Morgan fingerprint density at radius 3 is 2.64 bits per heavy atom. The molecule has 1 aliphatic rings. The van der Waals surface area contributed by atoms with Gasteiger partial charge in [0.25, 0.3) is 5.91 Å². The van der Waals surface area contributed by atoms with Crippen LogP contribution in [0.25, 0.3) is 0 Å². The van der Waals surface area contributed by atoms with E-state index in [2.05, 4.69) is 5.32 Å². The molecule has 4 nitrogen and oxygen atoms in total. The molecule has 0 unspecified atom stereocenters. The van der Waals surface area contributed by atoms with E-state index in [0.29, 0.717) is 6.54 Å². The zero-order chi connectivity index (χ0) is 15.8. The molecule has 1 aromatic rings. The number of benzene rings is 1. The molecule has 1 saturated carbocycles. The maximum absolute atomic E-state index is 12.2. The molecular weight excluding hydrogens is 274 g/mol. The molecule has 1 amide bonds. The molecule has 0 heterocycles. The van der Waals surface area contributed by atoms with E-state index in [4.69, 9.17) is 0 Å². The van der Waals surface area contributed by atoms with Gasteiger partial charge in [-0.3, -0.25) is 4.79 Å². The van der Waals surface area contributed by atoms with E-state index in [-0.39, 0.29) is 17.5 Å². The van der Waals surface area contributed by atoms with Crippen LogP contribution in [0.3, 0.4) is 0 Å². The van der Waals surface area contributed by atoms with Gasteiger partial charge in [-0.2, -0.15) is 5.26 Å². The van der Waals surface area contributed by atoms with Crippen LogP contribution in [0.2, 0.25) is 0 Å². The summed E-state index contributed by atoms with van der Waals surface area (Å²) in [5.41, 5.74) is 1.32. The van der Waals surface area contributed by atoms with Crippen LogP contribution in [-0.2, 0) is 11.3 Å². The Hall–Kier alpha value is -2.28. The molecule has 0 spiro atoms. The molecule has 0 radical (unpaired) electrons. The lowest BCUT2D eigenvalue weighted by Gasteiger charge is -2.23. The molecule has 4 heteroatoms. The SMILES string of the molecule is CN(/C=C(/C#N)C(=O)NC1CCCCC1)Cc1ccccc1. The number of rotatable bonds is 5. The van der Waals surface area contributed by atoms with Gasteiger partial charge < -0.3 is 10.2 Å². The van der Waals surface area contributed by atoms with Crippen LogP contribution < -0.4 is 5.32 Å². The predicted octanol–water partition coefficient (Wildman–Crippen LogP) is 2.97. The highest BCUT2D eigenvalue weighted by Crippen LogP contribution is 2.17. The highest BCUT2D eigenvalue weighted by molar-refractivity contribution is 5.97. The van der Waals surface area contributed by atoms with Crippen molar-refractivity contribution in [2.75, 3.05) is 7.05 Å². The minimum atomic E-state index is -0.255. The lowest BCUT2D eigenvalue weighted by Crippen LogP contribution is -2.37. The molecule has 0 bridgehead atoms. The molecule has 0 aliphatic heterocycles. The molecule has 1 N–H and O–H groups in total. The first-order valence-corrected chi connectivity index (χ1v) is 7.86. The Balaban J connectivity index is 1.94. The van der Waals surface area contributed by atoms with Crippen molar-refractivity contribution in [1.82, 2.24) is 10.2 Å². The molecule has 116 valence electrons. The van der Waals surface area contributed by atoms with E-state index in [0.717, 1.165) is 31.2 Å². The predicted molar refractivity (Wildman–Crippen MR) is 86.6 cm³/mol. The number of nitrogens with zero attached hydrogens (tertiary/aromatic N) is 2. The molecule has 1 aromatic carbocycles. The summed E-state index contributed by atoms with van der Waals surface area (Å²) in [5.74, 6) is -0.255. The molecule has 0 saturated heterocycles. The highest BCUT2D eigenvalue weighted by Gasteiger charge is 2.18. The van der Waals surface area contributed by atoms with Crippen LogP contribution in [-0.4, -0.2) is 23.9 Å². The van der Waals surface area contributed by atoms with Gasteiger partial charge in [0.1, 0.15) is 11.6 Å². The fourth-order valence-corrected chi connectivity index (χ4v) is 2.79. The Kier molecular flexibility index (Phi) is 6.02. The Morgan fingerprint density at radius 1 is 1.32 bits per heavy atom. The number of amides is 1. The number of carbonyl (C=O) groups is 1. The molecule has 22 heavy (non-hydrogen) atoms. The number of hydrogen-bond donors (Lipinski definition) is 1. The van der Waals surface area contributed by atoms with Crippen molar-refractivity contribution in [3.8, 4) is 6.07 Å². The third-order valence-corrected chi connectivity index (χ3v) is 3.93. The first kappa shape index (κ1) is 16.1. The Labute approximate surface area is 132 Å². The quantitative estimate of drug-likeness (QED) is 0.671. The van der Waals surface area contributed by atoms with Gasteiger partial charge in [0.05, 0.1) is 0 Å². The number of nitrogens with one attached hydrogen (secondary N) is 1. The Morgan fingerprint density at radius 2 is 2.00 bits per heavy atom. The van der Waals surface area contributed by atoms with Crippen molar-refractivity contribution < 1.29 is 4.79 Å². The summed E-state index contributed by atoms with van der Waals surface area (Å²) in [4.78, 5) is 14.1. The van der Waals surface area contributed by atoms with Gasteiger partial charge in [-0.15, -0.1) is 0 Å². The van der Waals surface area contributed by atoms with Crippen molar-refractivity contribution in [3.05, 3.63) is 47.7 Å². The third-order valence-electron chi connectivity index (χ3n) is 3.93.